The van der Waals surface area contributed by atoms with Gasteiger partial charge in [-0.15, -0.1) is 0 Å². The Morgan fingerprint density at radius 3 is 3.17 bits per heavy atom. The van der Waals surface area contributed by atoms with Crippen LogP contribution in [0.4, 0.5) is 0 Å². The standard InChI is InChI=1S/C16H18N6O/c1-10(13-8-18-14-4-2-3-5-22(13)14)21-16(23)12-7-19-15-11(12)6-17-9-20-15/h6-10H,2-5H2,1H3,(H,21,23)(H,17,19,20). The molecule has 1 aliphatic rings. The topological polar surface area (TPSA) is 88.5 Å². The van der Waals surface area contributed by atoms with Crippen LogP contribution in [-0.4, -0.2) is 30.4 Å². The van der Waals surface area contributed by atoms with Gasteiger partial charge in [0.1, 0.15) is 17.8 Å². The van der Waals surface area contributed by atoms with Crippen molar-refractivity contribution < 1.29 is 4.79 Å². The first kappa shape index (κ1) is 13.9. The van der Waals surface area contributed by atoms with Crippen LogP contribution in [0, 0.1) is 0 Å². The van der Waals surface area contributed by atoms with Crippen LogP contribution in [0.25, 0.3) is 11.0 Å². The molecule has 7 heteroatoms. The first-order chi connectivity index (χ1) is 11.2. The molecule has 3 aromatic heterocycles. The van der Waals surface area contributed by atoms with Crippen molar-refractivity contribution in [1.82, 2.24) is 29.8 Å². The minimum Gasteiger partial charge on any atom is -0.345 e. The number of aromatic amines is 1. The van der Waals surface area contributed by atoms with Crippen LogP contribution in [0.2, 0.25) is 0 Å². The van der Waals surface area contributed by atoms with Crippen LogP contribution < -0.4 is 5.32 Å². The molecule has 118 valence electrons. The molecule has 1 amide bonds. The van der Waals surface area contributed by atoms with E-state index in [-0.39, 0.29) is 11.9 Å². The van der Waals surface area contributed by atoms with Crippen LogP contribution in [0.15, 0.2) is 24.9 Å². The van der Waals surface area contributed by atoms with Gasteiger partial charge in [0.2, 0.25) is 0 Å². The number of hydrogen-bond donors (Lipinski definition) is 2. The second kappa shape index (κ2) is 5.49. The fourth-order valence-corrected chi connectivity index (χ4v) is 3.18. The van der Waals surface area contributed by atoms with E-state index in [1.165, 1.54) is 12.7 Å². The third-order valence-corrected chi connectivity index (χ3v) is 4.39. The smallest absolute Gasteiger partial charge is 0.254 e. The summed E-state index contributed by atoms with van der Waals surface area (Å²) in [6.07, 6.45) is 10.0. The van der Waals surface area contributed by atoms with Crippen LogP contribution in [-0.2, 0) is 13.0 Å². The third-order valence-electron chi connectivity index (χ3n) is 4.39. The molecule has 0 spiro atoms. The molecule has 3 aromatic rings. The predicted octanol–water partition coefficient (Wildman–Crippen LogP) is 1.98. The molecule has 0 saturated carbocycles. The number of carbonyl (C=O) groups is 1. The summed E-state index contributed by atoms with van der Waals surface area (Å²) in [6.45, 7) is 2.97. The number of hydrogen-bond acceptors (Lipinski definition) is 4. The monoisotopic (exact) mass is 310 g/mol. The molecule has 0 aliphatic carbocycles. The van der Waals surface area contributed by atoms with Gasteiger partial charge in [0, 0.05) is 30.7 Å². The van der Waals surface area contributed by atoms with Crippen molar-refractivity contribution >= 4 is 16.9 Å². The molecule has 0 bridgehead atoms. The molecule has 0 aromatic carbocycles. The van der Waals surface area contributed by atoms with Gasteiger partial charge in [0.05, 0.1) is 23.5 Å². The molecular formula is C16H18N6O. The number of imidazole rings is 1. The average Bonchev–Trinajstić information content (AvgIpc) is 3.19. The van der Waals surface area contributed by atoms with Gasteiger partial charge in [0.25, 0.3) is 5.91 Å². The fourth-order valence-electron chi connectivity index (χ4n) is 3.18. The number of nitrogens with one attached hydrogen (secondary N) is 2. The third kappa shape index (κ3) is 2.38. The maximum atomic E-state index is 12.6. The highest BCUT2D eigenvalue weighted by atomic mass is 16.1. The van der Waals surface area contributed by atoms with Gasteiger partial charge >= 0.3 is 0 Å². The van der Waals surface area contributed by atoms with E-state index < -0.39 is 0 Å². The Balaban J connectivity index is 1.58. The van der Waals surface area contributed by atoms with Gasteiger partial charge in [0.15, 0.2) is 0 Å². The van der Waals surface area contributed by atoms with Crippen molar-refractivity contribution in [2.45, 2.75) is 38.8 Å². The van der Waals surface area contributed by atoms with E-state index in [0.717, 1.165) is 36.3 Å². The summed E-state index contributed by atoms with van der Waals surface area (Å²) in [6, 6.07) is -0.101. The van der Waals surface area contributed by atoms with Gasteiger partial charge in [-0.25, -0.2) is 15.0 Å². The van der Waals surface area contributed by atoms with Gasteiger partial charge in [-0.1, -0.05) is 0 Å². The lowest BCUT2D eigenvalue weighted by atomic mass is 10.1. The van der Waals surface area contributed by atoms with Gasteiger partial charge in [-0.3, -0.25) is 4.79 Å². The number of nitrogens with zero attached hydrogens (tertiary/aromatic N) is 4. The first-order valence-electron chi connectivity index (χ1n) is 7.86. The number of H-pyrrole nitrogens is 1. The molecule has 1 atom stereocenters. The summed E-state index contributed by atoms with van der Waals surface area (Å²) in [4.78, 5) is 28.2. The Bertz CT molecular complexity index is 864. The van der Waals surface area contributed by atoms with Crippen molar-refractivity contribution in [1.29, 1.82) is 0 Å². The summed E-state index contributed by atoms with van der Waals surface area (Å²) in [5.41, 5.74) is 2.29. The molecule has 0 saturated heterocycles. The average molecular weight is 310 g/mol. The number of carbonyl (C=O) groups excluding carboxylic acids is 1. The predicted molar refractivity (Wildman–Crippen MR) is 84.9 cm³/mol. The lowest BCUT2D eigenvalue weighted by Gasteiger charge is -2.20. The number of rotatable bonds is 3. The van der Waals surface area contributed by atoms with E-state index in [4.69, 9.17) is 0 Å². The quantitative estimate of drug-likeness (QED) is 0.774. The van der Waals surface area contributed by atoms with Gasteiger partial charge in [-0.05, 0) is 19.8 Å². The Hall–Kier alpha value is -2.70. The van der Waals surface area contributed by atoms with E-state index in [0.29, 0.717) is 11.2 Å². The lowest BCUT2D eigenvalue weighted by molar-refractivity contribution is 0.0940. The zero-order valence-electron chi connectivity index (χ0n) is 12.9. The Labute approximate surface area is 133 Å². The van der Waals surface area contributed by atoms with Crippen LogP contribution in [0.5, 0.6) is 0 Å². The van der Waals surface area contributed by atoms with E-state index in [9.17, 15) is 4.79 Å². The van der Waals surface area contributed by atoms with Crippen molar-refractivity contribution in [3.8, 4) is 0 Å². The number of fused-ring (bicyclic) bond motifs is 2. The van der Waals surface area contributed by atoms with Crippen molar-refractivity contribution in [3.05, 3.63) is 42.0 Å². The maximum absolute atomic E-state index is 12.6. The second-order valence-corrected chi connectivity index (χ2v) is 5.89. The molecule has 4 rings (SSSR count). The highest BCUT2D eigenvalue weighted by Gasteiger charge is 2.21. The SMILES string of the molecule is CC(NC(=O)c1c[nH]c2ncncc12)c1cnc2n1CCCC2. The zero-order valence-corrected chi connectivity index (χ0v) is 12.9. The number of aryl methyl sites for hydroxylation is 1. The van der Waals surface area contributed by atoms with Crippen LogP contribution in [0.1, 0.15) is 47.7 Å². The molecular weight excluding hydrogens is 292 g/mol. The van der Waals surface area contributed by atoms with E-state index in [1.54, 1.807) is 12.4 Å². The van der Waals surface area contributed by atoms with E-state index >= 15 is 0 Å². The molecule has 23 heavy (non-hydrogen) atoms. The fraction of sp³-hybridized carbons (Fsp3) is 0.375. The molecule has 0 fully saturated rings. The minimum atomic E-state index is -0.134. The highest BCUT2D eigenvalue weighted by Crippen LogP contribution is 2.22. The lowest BCUT2D eigenvalue weighted by Crippen LogP contribution is -2.28. The Kier molecular flexibility index (Phi) is 3.33. The van der Waals surface area contributed by atoms with E-state index in [1.807, 2.05) is 13.1 Å². The first-order valence-corrected chi connectivity index (χ1v) is 7.86. The summed E-state index contributed by atoms with van der Waals surface area (Å²) < 4.78 is 2.23. The molecule has 4 heterocycles. The molecule has 1 unspecified atom stereocenters. The van der Waals surface area contributed by atoms with Gasteiger partial charge < -0.3 is 14.9 Å². The normalized spacial score (nSPS) is 15.3. The summed E-state index contributed by atoms with van der Waals surface area (Å²) >= 11 is 0. The summed E-state index contributed by atoms with van der Waals surface area (Å²) in [7, 11) is 0. The second-order valence-electron chi connectivity index (χ2n) is 5.89. The molecule has 1 aliphatic heterocycles. The van der Waals surface area contributed by atoms with Crippen molar-refractivity contribution in [3.63, 3.8) is 0 Å². The largest absolute Gasteiger partial charge is 0.345 e. The highest BCUT2D eigenvalue weighted by molar-refractivity contribution is 6.05. The maximum Gasteiger partial charge on any atom is 0.254 e. The molecule has 0 radical (unpaired) electrons. The number of aromatic nitrogens is 5. The summed E-state index contributed by atoms with van der Waals surface area (Å²) in [5, 5.41) is 3.78. The molecule has 7 nitrogen and oxygen atoms in total. The zero-order chi connectivity index (χ0) is 15.8. The van der Waals surface area contributed by atoms with Crippen molar-refractivity contribution in [2.24, 2.45) is 0 Å². The van der Waals surface area contributed by atoms with Gasteiger partial charge in [-0.2, -0.15) is 0 Å². The Morgan fingerprint density at radius 1 is 1.35 bits per heavy atom. The van der Waals surface area contributed by atoms with Crippen LogP contribution >= 0.6 is 0 Å². The van der Waals surface area contributed by atoms with E-state index in [2.05, 4.69) is 29.8 Å². The number of amides is 1. The Morgan fingerprint density at radius 2 is 2.26 bits per heavy atom. The minimum absolute atomic E-state index is 0.101. The molecule has 2 N–H and O–H groups in total. The summed E-state index contributed by atoms with van der Waals surface area (Å²) in [5.74, 6) is 0.984. The van der Waals surface area contributed by atoms with Crippen molar-refractivity contribution in [2.75, 3.05) is 0 Å². The van der Waals surface area contributed by atoms with Crippen LogP contribution in [0.3, 0.4) is 0 Å².